The molecule has 0 unspecified atom stereocenters. The zero-order valence-electron chi connectivity index (χ0n) is 13.3. The molecule has 2 N–H and O–H groups in total. The molecule has 0 aromatic carbocycles. The molecule has 0 atom stereocenters. The molecule has 0 radical (unpaired) electrons. The lowest BCUT2D eigenvalue weighted by atomic mass is 9.67. The second-order valence-electron chi connectivity index (χ2n) is 7.37. The van der Waals surface area contributed by atoms with E-state index in [0.29, 0.717) is 5.92 Å². The Kier molecular flexibility index (Phi) is 6.83. The number of aliphatic hydroxyl groups is 2. The van der Waals surface area contributed by atoms with E-state index in [2.05, 4.69) is 6.92 Å². The minimum Gasteiger partial charge on any atom is -0.396 e. The summed E-state index contributed by atoms with van der Waals surface area (Å²) < 4.78 is 0. The van der Waals surface area contributed by atoms with Gasteiger partial charge in [0.25, 0.3) is 0 Å². The number of rotatable bonds is 6. The highest BCUT2D eigenvalue weighted by molar-refractivity contribution is 4.83. The normalized spacial score (nSPS) is 35.4. The first kappa shape index (κ1) is 16.3. The Balaban J connectivity index is 1.72. The number of hydrogen-bond donors (Lipinski definition) is 2. The highest BCUT2D eigenvalue weighted by atomic mass is 16.3. The van der Waals surface area contributed by atoms with Crippen molar-refractivity contribution in [1.82, 2.24) is 0 Å². The summed E-state index contributed by atoms with van der Waals surface area (Å²) in [5.74, 6) is 3.63. The van der Waals surface area contributed by atoms with Gasteiger partial charge in [-0.05, 0) is 62.2 Å². The molecule has 2 saturated carbocycles. The van der Waals surface area contributed by atoms with Crippen LogP contribution in [-0.2, 0) is 0 Å². The van der Waals surface area contributed by atoms with Crippen LogP contribution in [0.4, 0.5) is 0 Å². The average molecular weight is 282 g/mol. The maximum Gasteiger partial charge on any atom is 0.0483 e. The molecule has 2 fully saturated rings. The lowest BCUT2D eigenvalue weighted by Gasteiger charge is -2.39. The molecule has 0 heterocycles. The Bertz CT molecular complexity index is 246. The van der Waals surface area contributed by atoms with Crippen LogP contribution in [0.5, 0.6) is 0 Å². The molecule has 0 aliphatic heterocycles. The van der Waals surface area contributed by atoms with E-state index < -0.39 is 0 Å². The molecule has 118 valence electrons. The molecule has 2 nitrogen and oxygen atoms in total. The molecule has 0 saturated heterocycles. The van der Waals surface area contributed by atoms with Gasteiger partial charge >= 0.3 is 0 Å². The molecule has 0 aromatic rings. The fourth-order valence-electron chi connectivity index (χ4n) is 4.80. The second kappa shape index (κ2) is 8.38. The molecule has 2 aliphatic carbocycles. The quantitative estimate of drug-likeness (QED) is 0.773. The predicted octanol–water partition coefficient (Wildman–Crippen LogP) is 4.00. The van der Waals surface area contributed by atoms with Gasteiger partial charge in [-0.2, -0.15) is 0 Å². The van der Waals surface area contributed by atoms with Gasteiger partial charge in [0, 0.05) is 19.1 Å². The molecular formula is C18H34O2. The molecule has 0 bridgehead atoms. The standard InChI is InChI=1S/C18H34O2/c1-2-3-14-4-6-15(7-5-14)16-8-10-17(11-9-16)18(12-19)13-20/h14-20H,2-13H2,1H3. The molecule has 0 spiro atoms. The summed E-state index contributed by atoms with van der Waals surface area (Å²) >= 11 is 0. The first-order valence-corrected chi connectivity index (χ1v) is 9.00. The topological polar surface area (TPSA) is 40.5 Å². The van der Waals surface area contributed by atoms with Gasteiger partial charge in [-0.15, -0.1) is 0 Å². The van der Waals surface area contributed by atoms with Crippen molar-refractivity contribution in [1.29, 1.82) is 0 Å². The van der Waals surface area contributed by atoms with Gasteiger partial charge in [-0.1, -0.05) is 32.6 Å². The van der Waals surface area contributed by atoms with Crippen molar-refractivity contribution in [2.24, 2.45) is 29.6 Å². The smallest absolute Gasteiger partial charge is 0.0483 e. The van der Waals surface area contributed by atoms with Gasteiger partial charge in [-0.25, -0.2) is 0 Å². The number of hydrogen-bond acceptors (Lipinski definition) is 2. The van der Waals surface area contributed by atoms with Gasteiger partial charge in [0.1, 0.15) is 0 Å². The van der Waals surface area contributed by atoms with E-state index in [1.807, 2.05) is 0 Å². The summed E-state index contributed by atoms with van der Waals surface area (Å²) in [6.45, 7) is 2.63. The van der Waals surface area contributed by atoms with Crippen LogP contribution in [0.3, 0.4) is 0 Å². The van der Waals surface area contributed by atoms with E-state index in [1.54, 1.807) is 0 Å². The van der Waals surface area contributed by atoms with Gasteiger partial charge in [0.05, 0.1) is 0 Å². The average Bonchev–Trinajstić information content (AvgIpc) is 2.50. The largest absolute Gasteiger partial charge is 0.396 e. The van der Waals surface area contributed by atoms with Crippen molar-refractivity contribution in [2.75, 3.05) is 13.2 Å². The van der Waals surface area contributed by atoms with Crippen LogP contribution in [0.25, 0.3) is 0 Å². The van der Waals surface area contributed by atoms with E-state index in [9.17, 15) is 10.2 Å². The summed E-state index contributed by atoms with van der Waals surface area (Å²) in [6, 6.07) is 0. The van der Waals surface area contributed by atoms with Gasteiger partial charge in [0.2, 0.25) is 0 Å². The van der Waals surface area contributed by atoms with Crippen LogP contribution in [0.1, 0.15) is 71.1 Å². The van der Waals surface area contributed by atoms with Crippen LogP contribution in [0.2, 0.25) is 0 Å². The third-order valence-corrected chi connectivity index (χ3v) is 6.21. The third-order valence-electron chi connectivity index (χ3n) is 6.21. The lowest BCUT2D eigenvalue weighted by Crippen LogP contribution is -2.30. The Labute approximate surface area is 125 Å². The Morgan fingerprint density at radius 1 is 0.800 bits per heavy atom. The van der Waals surface area contributed by atoms with Gasteiger partial charge in [0.15, 0.2) is 0 Å². The molecule has 20 heavy (non-hydrogen) atoms. The van der Waals surface area contributed by atoms with E-state index in [1.165, 1.54) is 64.2 Å². The van der Waals surface area contributed by atoms with E-state index >= 15 is 0 Å². The van der Waals surface area contributed by atoms with Crippen molar-refractivity contribution in [2.45, 2.75) is 71.1 Å². The predicted molar refractivity (Wildman–Crippen MR) is 83.5 cm³/mol. The highest BCUT2D eigenvalue weighted by Crippen LogP contribution is 2.43. The minimum absolute atomic E-state index is 0.135. The first-order valence-electron chi connectivity index (χ1n) is 9.00. The molecule has 0 amide bonds. The fourth-order valence-corrected chi connectivity index (χ4v) is 4.80. The van der Waals surface area contributed by atoms with Crippen LogP contribution in [0.15, 0.2) is 0 Å². The Morgan fingerprint density at radius 2 is 1.30 bits per heavy atom. The zero-order valence-corrected chi connectivity index (χ0v) is 13.3. The van der Waals surface area contributed by atoms with Gasteiger partial charge in [-0.3, -0.25) is 0 Å². The Morgan fingerprint density at radius 3 is 1.75 bits per heavy atom. The maximum absolute atomic E-state index is 9.31. The molecule has 2 rings (SSSR count). The summed E-state index contributed by atoms with van der Waals surface area (Å²) in [6.07, 6.45) is 13.8. The monoisotopic (exact) mass is 282 g/mol. The van der Waals surface area contributed by atoms with Crippen molar-refractivity contribution in [3.63, 3.8) is 0 Å². The van der Waals surface area contributed by atoms with Crippen molar-refractivity contribution < 1.29 is 10.2 Å². The molecule has 0 aromatic heterocycles. The first-order chi connectivity index (χ1) is 9.78. The second-order valence-corrected chi connectivity index (χ2v) is 7.37. The van der Waals surface area contributed by atoms with Crippen LogP contribution in [0, 0.1) is 29.6 Å². The molecule has 2 aliphatic rings. The minimum atomic E-state index is 0.135. The van der Waals surface area contributed by atoms with Crippen LogP contribution >= 0.6 is 0 Å². The maximum atomic E-state index is 9.31. The van der Waals surface area contributed by atoms with E-state index in [4.69, 9.17) is 0 Å². The summed E-state index contributed by atoms with van der Waals surface area (Å²) in [5, 5.41) is 18.6. The van der Waals surface area contributed by atoms with E-state index in [0.717, 1.165) is 17.8 Å². The molecule has 2 heteroatoms. The summed E-state index contributed by atoms with van der Waals surface area (Å²) in [7, 11) is 0. The van der Waals surface area contributed by atoms with Crippen molar-refractivity contribution in [3.05, 3.63) is 0 Å². The van der Waals surface area contributed by atoms with Crippen molar-refractivity contribution in [3.8, 4) is 0 Å². The zero-order chi connectivity index (χ0) is 14.4. The third kappa shape index (κ3) is 4.21. The lowest BCUT2D eigenvalue weighted by molar-refractivity contribution is 0.0638. The molecular weight excluding hydrogens is 248 g/mol. The number of aliphatic hydroxyl groups excluding tert-OH is 2. The highest BCUT2D eigenvalue weighted by Gasteiger charge is 2.32. The SMILES string of the molecule is CCCC1CCC(C2CCC(C(CO)CO)CC2)CC1. The fraction of sp³-hybridized carbons (Fsp3) is 1.00. The van der Waals surface area contributed by atoms with Crippen molar-refractivity contribution >= 4 is 0 Å². The van der Waals surface area contributed by atoms with Crippen LogP contribution < -0.4 is 0 Å². The van der Waals surface area contributed by atoms with E-state index in [-0.39, 0.29) is 19.1 Å². The summed E-state index contributed by atoms with van der Waals surface area (Å²) in [5.41, 5.74) is 0. The summed E-state index contributed by atoms with van der Waals surface area (Å²) in [4.78, 5) is 0. The van der Waals surface area contributed by atoms with Gasteiger partial charge < -0.3 is 10.2 Å². The Hall–Kier alpha value is -0.0800. The van der Waals surface area contributed by atoms with Crippen LogP contribution in [-0.4, -0.2) is 23.4 Å².